The van der Waals surface area contributed by atoms with Gasteiger partial charge in [0.25, 0.3) is 0 Å². The Kier molecular flexibility index (Phi) is 3.82. The van der Waals surface area contributed by atoms with Gasteiger partial charge in [0.1, 0.15) is 0 Å². The molecule has 1 aromatic heterocycles. The number of benzene rings is 1. The summed E-state index contributed by atoms with van der Waals surface area (Å²) in [7, 11) is 0. The van der Waals surface area contributed by atoms with Gasteiger partial charge < -0.3 is 0 Å². The van der Waals surface area contributed by atoms with Crippen LogP contribution in [0.4, 0.5) is 13.2 Å². The minimum absolute atomic E-state index is 0.107. The highest BCUT2D eigenvalue weighted by atomic mass is 79.9. The van der Waals surface area contributed by atoms with Crippen molar-refractivity contribution in [2.75, 3.05) is 0 Å². The van der Waals surface area contributed by atoms with Gasteiger partial charge >= 0.3 is 6.18 Å². The zero-order valence-electron chi connectivity index (χ0n) is 8.88. The number of hydrogen-bond acceptors (Lipinski definition) is 1. The Morgan fingerprint density at radius 1 is 1.28 bits per heavy atom. The van der Waals surface area contributed by atoms with Crippen LogP contribution in [0.5, 0.6) is 0 Å². The highest BCUT2D eigenvalue weighted by Crippen LogP contribution is 2.34. The quantitative estimate of drug-likeness (QED) is 0.695. The molecule has 2 nitrogen and oxygen atoms in total. The second kappa shape index (κ2) is 5.05. The van der Waals surface area contributed by atoms with Crippen LogP contribution in [0.25, 0.3) is 5.69 Å². The Bertz CT molecular complexity index is 564. The van der Waals surface area contributed by atoms with Gasteiger partial charge in [0, 0.05) is 15.4 Å². The van der Waals surface area contributed by atoms with Crippen molar-refractivity contribution in [1.82, 2.24) is 9.78 Å². The lowest BCUT2D eigenvalue weighted by atomic mass is 10.2. The summed E-state index contributed by atoms with van der Waals surface area (Å²) in [5.74, 6) is 0. The van der Waals surface area contributed by atoms with Crippen molar-refractivity contribution in [3.8, 4) is 5.69 Å². The van der Waals surface area contributed by atoms with Crippen molar-refractivity contribution in [3.05, 3.63) is 46.2 Å². The molecule has 1 heterocycles. The highest BCUT2D eigenvalue weighted by Gasteiger charge is 2.38. The molecule has 0 aliphatic rings. The lowest BCUT2D eigenvalue weighted by molar-refractivity contribution is -0.143. The zero-order valence-corrected chi connectivity index (χ0v) is 12.1. The molecular formula is C11H7Br2F3N2. The van der Waals surface area contributed by atoms with Crippen LogP contribution in [0.3, 0.4) is 0 Å². The van der Waals surface area contributed by atoms with Crippen LogP contribution < -0.4 is 0 Å². The SMILES string of the molecule is FC(F)(F)c1c(CBr)cnn1-c1cccc(Br)c1. The Balaban J connectivity index is 2.62. The van der Waals surface area contributed by atoms with Gasteiger partial charge in [-0.2, -0.15) is 18.3 Å². The van der Waals surface area contributed by atoms with E-state index in [1.54, 1.807) is 24.3 Å². The van der Waals surface area contributed by atoms with Crippen LogP contribution in [0, 0.1) is 0 Å². The molecule has 0 aliphatic heterocycles. The number of alkyl halides is 4. The average molecular weight is 384 g/mol. The van der Waals surface area contributed by atoms with Crippen LogP contribution in [-0.2, 0) is 11.5 Å². The molecule has 0 atom stereocenters. The van der Waals surface area contributed by atoms with Gasteiger partial charge in [-0.3, -0.25) is 0 Å². The van der Waals surface area contributed by atoms with Crippen LogP contribution in [-0.4, -0.2) is 9.78 Å². The van der Waals surface area contributed by atoms with Crippen LogP contribution in [0.1, 0.15) is 11.3 Å². The van der Waals surface area contributed by atoms with Crippen molar-refractivity contribution in [2.45, 2.75) is 11.5 Å². The molecule has 0 unspecified atom stereocenters. The third-order valence-electron chi connectivity index (χ3n) is 2.31. The molecule has 1 aromatic carbocycles. The van der Waals surface area contributed by atoms with E-state index in [2.05, 4.69) is 37.0 Å². The maximum Gasteiger partial charge on any atom is 0.433 e. The first-order chi connectivity index (χ1) is 8.43. The number of aromatic nitrogens is 2. The van der Waals surface area contributed by atoms with Crippen LogP contribution >= 0.6 is 31.9 Å². The molecule has 18 heavy (non-hydrogen) atoms. The van der Waals surface area contributed by atoms with Crippen LogP contribution in [0.2, 0.25) is 0 Å². The number of hydrogen-bond donors (Lipinski definition) is 0. The first-order valence-electron chi connectivity index (χ1n) is 4.89. The standard InChI is InChI=1S/C11H7Br2F3N2/c12-5-7-6-17-18(10(7)11(14,15)16)9-3-1-2-8(13)4-9/h1-4,6H,5H2. The first-order valence-corrected chi connectivity index (χ1v) is 6.81. The second-order valence-electron chi connectivity index (χ2n) is 3.54. The fourth-order valence-corrected chi connectivity index (χ4v) is 2.38. The lowest BCUT2D eigenvalue weighted by Gasteiger charge is -2.12. The van der Waals surface area contributed by atoms with E-state index in [1.807, 2.05) is 0 Å². The summed E-state index contributed by atoms with van der Waals surface area (Å²) in [6.45, 7) is 0. The molecule has 0 saturated carbocycles. The monoisotopic (exact) mass is 382 g/mol. The summed E-state index contributed by atoms with van der Waals surface area (Å²) >= 11 is 6.27. The van der Waals surface area contributed by atoms with Gasteiger partial charge in [0.15, 0.2) is 5.69 Å². The summed E-state index contributed by atoms with van der Waals surface area (Å²) in [6.07, 6.45) is -3.22. The van der Waals surface area contributed by atoms with Gasteiger partial charge in [-0.05, 0) is 18.2 Å². The maximum absolute atomic E-state index is 13.0. The molecule has 0 spiro atoms. The van der Waals surface area contributed by atoms with E-state index in [0.717, 1.165) is 4.68 Å². The Hall–Kier alpha value is -0.820. The van der Waals surface area contributed by atoms with Gasteiger partial charge in [0.05, 0.1) is 11.9 Å². The molecular weight excluding hydrogens is 377 g/mol. The molecule has 2 rings (SSSR count). The number of rotatable bonds is 2. The fourth-order valence-electron chi connectivity index (χ4n) is 1.59. The lowest BCUT2D eigenvalue weighted by Crippen LogP contribution is -2.15. The Labute approximate surface area is 118 Å². The van der Waals surface area contributed by atoms with Gasteiger partial charge in [-0.15, -0.1) is 0 Å². The van der Waals surface area contributed by atoms with Crippen LogP contribution in [0.15, 0.2) is 34.9 Å². The fraction of sp³-hybridized carbons (Fsp3) is 0.182. The summed E-state index contributed by atoms with van der Waals surface area (Å²) < 4.78 is 40.7. The van der Waals surface area contributed by atoms with E-state index in [9.17, 15) is 13.2 Å². The molecule has 0 bridgehead atoms. The molecule has 2 aromatic rings. The van der Waals surface area contributed by atoms with Gasteiger partial charge in [-0.1, -0.05) is 37.9 Å². The van der Waals surface area contributed by atoms with Gasteiger partial charge in [0.2, 0.25) is 0 Å². The average Bonchev–Trinajstić information content (AvgIpc) is 2.72. The molecule has 0 aliphatic carbocycles. The minimum Gasteiger partial charge on any atom is -0.228 e. The smallest absolute Gasteiger partial charge is 0.228 e. The molecule has 0 saturated heterocycles. The Morgan fingerprint density at radius 2 is 2.00 bits per heavy atom. The number of halogens is 5. The third-order valence-corrected chi connectivity index (χ3v) is 3.41. The van der Waals surface area contributed by atoms with E-state index >= 15 is 0 Å². The van der Waals surface area contributed by atoms with E-state index in [0.29, 0.717) is 10.2 Å². The topological polar surface area (TPSA) is 17.8 Å². The Morgan fingerprint density at radius 3 is 2.56 bits per heavy atom. The predicted molar refractivity (Wildman–Crippen MR) is 68.9 cm³/mol. The molecule has 0 amide bonds. The predicted octanol–water partition coefficient (Wildman–Crippen LogP) is 4.55. The maximum atomic E-state index is 13.0. The zero-order chi connectivity index (χ0) is 13.3. The summed E-state index contributed by atoms with van der Waals surface area (Å²) in [5, 5.41) is 3.92. The molecule has 0 N–H and O–H groups in total. The molecule has 0 radical (unpaired) electrons. The first kappa shape index (κ1) is 13.6. The normalized spacial score (nSPS) is 11.8. The van der Waals surface area contributed by atoms with Crippen molar-refractivity contribution in [2.24, 2.45) is 0 Å². The van der Waals surface area contributed by atoms with E-state index < -0.39 is 11.9 Å². The van der Waals surface area contributed by atoms with E-state index in [-0.39, 0.29) is 10.9 Å². The third kappa shape index (κ3) is 2.61. The largest absolute Gasteiger partial charge is 0.433 e. The summed E-state index contributed by atoms with van der Waals surface area (Å²) in [4.78, 5) is 0. The summed E-state index contributed by atoms with van der Waals surface area (Å²) in [5.41, 5.74) is -0.274. The van der Waals surface area contributed by atoms with E-state index in [1.165, 1.54) is 6.20 Å². The van der Waals surface area contributed by atoms with Crippen molar-refractivity contribution in [1.29, 1.82) is 0 Å². The van der Waals surface area contributed by atoms with E-state index in [4.69, 9.17) is 0 Å². The van der Waals surface area contributed by atoms with Gasteiger partial charge in [-0.25, -0.2) is 4.68 Å². The molecule has 96 valence electrons. The minimum atomic E-state index is -4.44. The molecule has 0 fully saturated rings. The van der Waals surface area contributed by atoms with Crippen molar-refractivity contribution >= 4 is 31.9 Å². The van der Waals surface area contributed by atoms with Crippen molar-refractivity contribution < 1.29 is 13.2 Å². The molecule has 7 heteroatoms. The second-order valence-corrected chi connectivity index (χ2v) is 5.02. The highest BCUT2D eigenvalue weighted by molar-refractivity contribution is 9.10. The van der Waals surface area contributed by atoms with Crippen molar-refractivity contribution in [3.63, 3.8) is 0 Å². The summed E-state index contributed by atoms with van der Waals surface area (Å²) in [6, 6.07) is 6.56. The number of nitrogens with zero attached hydrogens (tertiary/aromatic N) is 2.